The molecule has 0 bridgehead atoms. The van der Waals surface area contributed by atoms with E-state index < -0.39 is 0 Å². The van der Waals surface area contributed by atoms with Gasteiger partial charge in [-0.2, -0.15) is 0 Å². The van der Waals surface area contributed by atoms with Crippen LogP contribution in [0.1, 0.15) is 10.4 Å². The van der Waals surface area contributed by atoms with Crippen LogP contribution in [0.2, 0.25) is 0 Å². The third-order valence-electron chi connectivity index (χ3n) is 4.09. The highest BCUT2D eigenvalue weighted by Gasteiger charge is 2.14. The normalized spacial score (nSPS) is 10.5. The van der Waals surface area contributed by atoms with Crippen LogP contribution in [0.4, 0.5) is 0 Å². The summed E-state index contributed by atoms with van der Waals surface area (Å²) in [5.41, 5.74) is 0.456. The topological polar surface area (TPSA) is 56.8 Å². The van der Waals surface area contributed by atoms with Crippen LogP contribution in [0.15, 0.2) is 59.1 Å². The highest BCUT2D eigenvalue weighted by molar-refractivity contribution is 9.10. The van der Waals surface area contributed by atoms with Gasteiger partial charge < -0.3 is 19.5 Å². The average Bonchev–Trinajstić information content (AvgIpc) is 2.71. The molecule has 0 spiro atoms. The van der Waals surface area contributed by atoms with Gasteiger partial charge in [0.05, 0.1) is 20.8 Å². The van der Waals surface area contributed by atoms with Gasteiger partial charge in [0.15, 0.2) is 0 Å². The zero-order chi connectivity index (χ0) is 19.2. The van der Waals surface area contributed by atoms with Crippen molar-refractivity contribution in [3.63, 3.8) is 0 Å². The molecule has 0 heterocycles. The number of methoxy groups -OCH3 is 2. The number of nitrogens with one attached hydrogen (secondary N) is 1. The Kier molecular flexibility index (Phi) is 6.19. The molecule has 0 saturated carbocycles. The predicted octanol–water partition coefficient (Wildman–Crippen LogP) is 4.43. The lowest BCUT2D eigenvalue weighted by atomic mass is 10.1. The Morgan fingerprint density at radius 1 is 0.963 bits per heavy atom. The fourth-order valence-corrected chi connectivity index (χ4v) is 3.25. The van der Waals surface area contributed by atoms with Gasteiger partial charge >= 0.3 is 0 Å². The largest absolute Gasteiger partial charge is 0.495 e. The maximum absolute atomic E-state index is 12.4. The monoisotopic (exact) mass is 429 g/mol. The van der Waals surface area contributed by atoms with Crippen molar-refractivity contribution in [3.8, 4) is 17.2 Å². The third kappa shape index (κ3) is 4.52. The van der Waals surface area contributed by atoms with Crippen LogP contribution in [0.3, 0.4) is 0 Å². The molecule has 140 valence electrons. The van der Waals surface area contributed by atoms with Crippen molar-refractivity contribution in [1.82, 2.24) is 5.32 Å². The molecular weight excluding hydrogens is 410 g/mol. The smallest absolute Gasteiger partial charge is 0.251 e. The minimum Gasteiger partial charge on any atom is -0.495 e. The Hall–Kier alpha value is -2.73. The molecule has 0 aliphatic rings. The van der Waals surface area contributed by atoms with Crippen molar-refractivity contribution in [1.29, 1.82) is 0 Å². The first-order valence-electron chi connectivity index (χ1n) is 8.43. The minimum absolute atomic E-state index is 0.221. The second kappa shape index (κ2) is 8.77. The number of hydrogen-bond donors (Lipinski definition) is 1. The fourth-order valence-electron chi connectivity index (χ4n) is 2.69. The molecule has 6 heteroatoms. The summed E-state index contributed by atoms with van der Waals surface area (Å²) < 4.78 is 16.9. The minimum atomic E-state index is -0.221. The zero-order valence-corrected chi connectivity index (χ0v) is 16.7. The van der Waals surface area contributed by atoms with Gasteiger partial charge in [-0.3, -0.25) is 4.79 Å². The van der Waals surface area contributed by atoms with E-state index in [0.717, 1.165) is 16.5 Å². The van der Waals surface area contributed by atoms with Gasteiger partial charge in [0.1, 0.15) is 28.3 Å². The summed E-state index contributed by atoms with van der Waals surface area (Å²) in [7, 11) is 3.08. The summed E-state index contributed by atoms with van der Waals surface area (Å²) in [5, 5.41) is 5.12. The number of rotatable bonds is 7. The molecule has 0 saturated heterocycles. The van der Waals surface area contributed by atoms with E-state index in [4.69, 9.17) is 14.2 Å². The number of carbonyl (C=O) groups is 1. The molecule has 0 unspecified atom stereocenters. The maximum atomic E-state index is 12.4. The van der Waals surface area contributed by atoms with E-state index in [1.165, 1.54) is 0 Å². The van der Waals surface area contributed by atoms with Crippen LogP contribution in [-0.2, 0) is 0 Å². The Morgan fingerprint density at radius 3 is 2.30 bits per heavy atom. The van der Waals surface area contributed by atoms with E-state index in [1.54, 1.807) is 26.4 Å². The summed E-state index contributed by atoms with van der Waals surface area (Å²) >= 11 is 3.39. The molecule has 0 fully saturated rings. The van der Waals surface area contributed by atoms with Gasteiger partial charge in [0.25, 0.3) is 5.91 Å². The maximum Gasteiger partial charge on any atom is 0.251 e. The van der Waals surface area contributed by atoms with Crippen LogP contribution in [0, 0.1) is 0 Å². The van der Waals surface area contributed by atoms with Crippen LogP contribution in [0.25, 0.3) is 10.8 Å². The molecule has 5 nitrogen and oxygen atoms in total. The number of amides is 1. The number of hydrogen-bond acceptors (Lipinski definition) is 4. The van der Waals surface area contributed by atoms with Crippen molar-refractivity contribution in [3.05, 3.63) is 64.6 Å². The van der Waals surface area contributed by atoms with Crippen molar-refractivity contribution in [2.45, 2.75) is 0 Å². The summed E-state index contributed by atoms with van der Waals surface area (Å²) in [6.45, 7) is 0.751. The quantitative estimate of drug-likeness (QED) is 0.564. The number of carbonyl (C=O) groups excluding carboxylic acids is 1. The average molecular weight is 430 g/mol. The van der Waals surface area contributed by atoms with Crippen LogP contribution >= 0.6 is 15.9 Å². The number of halogens is 1. The molecule has 27 heavy (non-hydrogen) atoms. The van der Waals surface area contributed by atoms with Gasteiger partial charge in [0.2, 0.25) is 0 Å². The first-order valence-corrected chi connectivity index (χ1v) is 9.23. The Labute approximate surface area is 166 Å². The number of ether oxygens (including phenoxy) is 3. The molecule has 1 amide bonds. The Morgan fingerprint density at radius 2 is 1.63 bits per heavy atom. The van der Waals surface area contributed by atoms with Crippen LogP contribution in [-0.4, -0.2) is 33.3 Å². The highest BCUT2D eigenvalue weighted by Crippen LogP contribution is 2.35. The molecule has 0 aliphatic heterocycles. The fraction of sp³-hybridized carbons (Fsp3) is 0.190. The van der Waals surface area contributed by atoms with Gasteiger partial charge in [-0.25, -0.2) is 0 Å². The Bertz CT molecular complexity index is 933. The van der Waals surface area contributed by atoms with E-state index in [0.29, 0.717) is 34.7 Å². The van der Waals surface area contributed by atoms with Crippen molar-refractivity contribution >= 4 is 32.6 Å². The molecule has 0 aromatic heterocycles. The zero-order valence-electron chi connectivity index (χ0n) is 15.1. The van der Waals surface area contributed by atoms with Crippen molar-refractivity contribution < 1.29 is 19.0 Å². The summed E-state index contributed by atoms with van der Waals surface area (Å²) in [4.78, 5) is 12.4. The van der Waals surface area contributed by atoms with Crippen molar-refractivity contribution in [2.24, 2.45) is 0 Å². The van der Waals surface area contributed by atoms with E-state index in [2.05, 4.69) is 27.3 Å². The molecular formula is C21H20BrNO4. The van der Waals surface area contributed by atoms with Crippen molar-refractivity contribution in [2.75, 3.05) is 27.4 Å². The number of fused-ring (bicyclic) bond motifs is 1. The highest BCUT2D eigenvalue weighted by atomic mass is 79.9. The second-order valence-corrected chi connectivity index (χ2v) is 6.60. The second-order valence-electron chi connectivity index (χ2n) is 5.81. The first kappa shape index (κ1) is 19.0. The Balaban J connectivity index is 1.57. The van der Waals surface area contributed by atoms with E-state index in [-0.39, 0.29) is 5.91 Å². The number of benzene rings is 3. The third-order valence-corrected chi connectivity index (χ3v) is 4.87. The summed E-state index contributed by atoms with van der Waals surface area (Å²) in [6.07, 6.45) is 0. The molecule has 1 N–H and O–H groups in total. The molecule has 0 aliphatic carbocycles. The molecule has 0 radical (unpaired) electrons. The summed E-state index contributed by atoms with van der Waals surface area (Å²) in [5.74, 6) is 1.62. The molecule has 3 aromatic carbocycles. The lowest BCUT2D eigenvalue weighted by Gasteiger charge is -2.12. The van der Waals surface area contributed by atoms with Gasteiger partial charge in [0, 0.05) is 5.56 Å². The van der Waals surface area contributed by atoms with E-state index in [1.807, 2.05) is 36.4 Å². The van der Waals surface area contributed by atoms with E-state index >= 15 is 0 Å². The molecule has 0 atom stereocenters. The standard InChI is InChI=1S/C21H20BrNO4/c1-25-18-12-16(13-19(26-2)20(18)22)21(24)23-9-10-27-17-8-7-14-5-3-4-6-15(14)11-17/h3-8,11-13H,9-10H2,1-2H3,(H,23,24). The molecule has 3 aromatic rings. The van der Waals surface area contributed by atoms with Gasteiger partial charge in [-0.15, -0.1) is 0 Å². The van der Waals surface area contributed by atoms with Gasteiger partial charge in [-0.05, 0) is 51.0 Å². The van der Waals surface area contributed by atoms with Gasteiger partial charge in [-0.1, -0.05) is 30.3 Å². The lowest BCUT2D eigenvalue weighted by molar-refractivity contribution is 0.0946. The first-order chi connectivity index (χ1) is 13.1. The summed E-state index contributed by atoms with van der Waals surface area (Å²) in [6, 6.07) is 17.3. The predicted molar refractivity (Wildman–Crippen MR) is 109 cm³/mol. The van der Waals surface area contributed by atoms with Crippen LogP contribution < -0.4 is 19.5 Å². The molecule has 3 rings (SSSR count). The SMILES string of the molecule is COc1cc(C(=O)NCCOc2ccc3ccccc3c2)cc(OC)c1Br. The lowest BCUT2D eigenvalue weighted by Crippen LogP contribution is -2.28. The van der Waals surface area contributed by atoms with E-state index in [9.17, 15) is 4.79 Å². The van der Waals surface area contributed by atoms with Crippen LogP contribution in [0.5, 0.6) is 17.2 Å².